The van der Waals surface area contributed by atoms with Gasteiger partial charge in [-0.05, 0) is 37.5 Å². The minimum Gasteiger partial charge on any atom is -0.480 e. The van der Waals surface area contributed by atoms with Gasteiger partial charge in [-0.15, -0.1) is 0 Å². The summed E-state index contributed by atoms with van der Waals surface area (Å²) in [6.07, 6.45) is 3.48. The highest BCUT2D eigenvalue weighted by molar-refractivity contribution is 5.82. The Morgan fingerprint density at radius 2 is 1.80 bits per heavy atom. The lowest BCUT2D eigenvalue weighted by molar-refractivity contribution is -0.139. The van der Waals surface area contributed by atoms with Gasteiger partial charge in [0.1, 0.15) is 6.04 Å². The van der Waals surface area contributed by atoms with Crippen molar-refractivity contribution in [2.75, 3.05) is 6.54 Å². The Morgan fingerprint density at radius 3 is 2.20 bits per heavy atom. The molecule has 2 N–H and O–H groups in total. The van der Waals surface area contributed by atoms with Crippen LogP contribution in [0.4, 0.5) is 4.79 Å². The molecule has 0 saturated heterocycles. The van der Waals surface area contributed by atoms with Gasteiger partial charge in [-0.1, -0.05) is 27.7 Å². The molecule has 0 spiro atoms. The molecule has 0 bridgehead atoms. The van der Waals surface area contributed by atoms with Crippen molar-refractivity contribution in [3.8, 4) is 0 Å². The maximum Gasteiger partial charge on any atom is 0.326 e. The number of carbonyl (C=O) groups is 2. The standard InChI is InChI=1S/C15H28N2O3/c1-10(2)7-8-17(12-5-6-12)15(20)16-13(14(18)19)9-11(3)4/h10-13H,5-9H2,1-4H3,(H,16,20)(H,18,19)/t13-/m0/s1. The summed E-state index contributed by atoms with van der Waals surface area (Å²) in [7, 11) is 0. The van der Waals surface area contributed by atoms with Crippen molar-refractivity contribution in [3.05, 3.63) is 0 Å². The van der Waals surface area contributed by atoms with Crippen LogP contribution in [0.25, 0.3) is 0 Å². The number of urea groups is 1. The third-order valence-electron chi connectivity index (χ3n) is 3.50. The average molecular weight is 284 g/mol. The number of amides is 2. The minimum atomic E-state index is -0.952. The highest BCUT2D eigenvalue weighted by atomic mass is 16.4. The Balaban J connectivity index is 2.57. The largest absolute Gasteiger partial charge is 0.480 e. The quantitative estimate of drug-likeness (QED) is 0.720. The Bertz CT molecular complexity index is 338. The summed E-state index contributed by atoms with van der Waals surface area (Å²) in [6, 6.07) is -0.703. The Hall–Kier alpha value is -1.26. The molecule has 1 rings (SSSR count). The van der Waals surface area contributed by atoms with Gasteiger partial charge in [0.25, 0.3) is 0 Å². The fraction of sp³-hybridized carbons (Fsp3) is 0.867. The third kappa shape index (κ3) is 5.80. The number of aliphatic carboxylic acids is 1. The maximum absolute atomic E-state index is 12.3. The van der Waals surface area contributed by atoms with E-state index in [1.807, 2.05) is 18.7 Å². The molecule has 1 atom stereocenters. The predicted molar refractivity (Wildman–Crippen MR) is 78.6 cm³/mol. The van der Waals surface area contributed by atoms with Crippen molar-refractivity contribution in [2.45, 2.75) is 65.5 Å². The second-order valence-corrected chi connectivity index (χ2v) is 6.58. The Kier molecular flexibility index (Phi) is 6.30. The van der Waals surface area contributed by atoms with E-state index >= 15 is 0 Å². The lowest BCUT2D eigenvalue weighted by Crippen LogP contribution is -2.49. The first-order valence-electron chi connectivity index (χ1n) is 7.61. The Labute approximate surface area is 121 Å². The van der Waals surface area contributed by atoms with Gasteiger partial charge in [-0.3, -0.25) is 0 Å². The van der Waals surface area contributed by atoms with E-state index in [2.05, 4.69) is 19.2 Å². The molecule has 20 heavy (non-hydrogen) atoms. The normalized spacial score (nSPS) is 16.3. The second kappa shape index (κ2) is 7.50. The molecule has 5 heteroatoms. The third-order valence-corrected chi connectivity index (χ3v) is 3.50. The van der Waals surface area contributed by atoms with Crippen LogP contribution in [-0.4, -0.2) is 40.6 Å². The fourth-order valence-electron chi connectivity index (χ4n) is 2.16. The van der Waals surface area contributed by atoms with E-state index < -0.39 is 12.0 Å². The van der Waals surface area contributed by atoms with Crippen LogP contribution < -0.4 is 5.32 Å². The molecule has 116 valence electrons. The molecule has 0 heterocycles. The smallest absolute Gasteiger partial charge is 0.326 e. The van der Waals surface area contributed by atoms with Gasteiger partial charge >= 0.3 is 12.0 Å². The van der Waals surface area contributed by atoms with E-state index in [1.54, 1.807) is 0 Å². The summed E-state index contributed by atoms with van der Waals surface area (Å²) < 4.78 is 0. The molecule has 1 aliphatic carbocycles. The average Bonchev–Trinajstić information content (AvgIpc) is 3.11. The van der Waals surface area contributed by atoms with E-state index in [0.29, 0.717) is 24.9 Å². The molecular weight excluding hydrogens is 256 g/mol. The molecule has 0 aromatic heterocycles. The predicted octanol–water partition coefficient (Wildman–Crippen LogP) is 2.71. The number of nitrogens with zero attached hydrogens (tertiary/aromatic N) is 1. The van der Waals surface area contributed by atoms with Crippen molar-refractivity contribution >= 4 is 12.0 Å². The Morgan fingerprint density at radius 1 is 1.20 bits per heavy atom. The van der Waals surface area contributed by atoms with Gasteiger partial charge in [-0.2, -0.15) is 0 Å². The summed E-state index contributed by atoms with van der Waals surface area (Å²) in [5.74, 6) is -0.178. The number of carboxylic acids is 1. The number of hydrogen-bond acceptors (Lipinski definition) is 2. The molecular formula is C15H28N2O3. The molecule has 0 aromatic rings. The van der Waals surface area contributed by atoms with Crippen molar-refractivity contribution in [3.63, 3.8) is 0 Å². The van der Waals surface area contributed by atoms with E-state index in [1.165, 1.54) is 0 Å². The first kappa shape index (κ1) is 16.8. The van der Waals surface area contributed by atoms with E-state index in [4.69, 9.17) is 0 Å². The summed E-state index contributed by atoms with van der Waals surface area (Å²) in [4.78, 5) is 25.3. The molecule has 1 saturated carbocycles. The topological polar surface area (TPSA) is 69.6 Å². The van der Waals surface area contributed by atoms with Crippen LogP contribution in [0.5, 0.6) is 0 Å². The van der Waals surface area contributed by atoms with E-state index in [-0.39, 0.29) is 11.9 Å². The van der Waals surface area contributed by atoms with Gasteiger partial charge < -0.3 is 15.3 Å². The lowest BCUT2D eigenvalue weighted by atomic mass is 10.0. The van der Waals surface area contributed by atoms with Crippen LogP contribution in [0.15, 0.2) is 0 Å². The van der Waals surface area contributed by atoms with Crippen LogP contribution >= 0.6 is 0 Å². The number of carboxylic acid groups (broad SMARTS) is 1. The summed E-state index contributed by atoms with van der Waals surface area (Å²) >= 11 is 0. The van der Waals surface area contributed by atoms with Crippen LogP contribution in [0.3, 0.4) is 0 Å². The molecule has 1 aliphatic rings. The summed E-state index contributed by atoms with van der Waals surface area (Å²) in [5, 5.41) is 11.9. The van der Waals surface area contributed by atoms with Crippen LogP contribution in [0.1, 0.15) is 53.4 Å². The first-order valence-corrected chi connectivity index (χ1v) is 7.61. The number of nitrogens with one attached hydrogen (secondary N) is 1. The molecule has 0 radical (unpaired) electrons. The lowest BCUT2D eigenvalue weighted by Gasteiger charge is -2.26. The van der Waals surface area contributed by atoms with Crippen molar-refractivity contribution in [1.29, 1.82) is 0 Å². The maximum atomic E-state index is 12.3. The zero-order valence-electron chi connectivity index (χ0n) is 13.1. The first-order chi connectivity index (χ1) is 9.31. The SMILES string of the molecule is CC(C)CCN(C(=O)N[C@@H](CC(C)C)C(=O)O)C1CC1. The zero-order chi connectivity index (χ0) is 15.3. The number of hydrogen-bond donors (Lipinski definition) is 2. The summed E-state index contributed by atoms with van der Waals surface area (Å²) in [5.41, 5.74) is 0. The second-order valence-electron chi connectivity index (χ2n) is 6.58. The van der Waals surface area contributed by atoms with Gasteiger partial charge in [0.2, 0.25) is 0 Å². The van der Waals surface area contributed by atoms with Gasteiger partial charge in [0, 0.05) is 12.6 Å². The highest BCUT2D eigenvalue weighted by Crippen LogP contribution is 2.27. The monoisotopic (exact) mass is 284 g/mol. The number of rotatable bonds is 8. The van der Waals surface area contributed by atoms with Crippen molar-refractivity contribution in [2.24, 2.45) is 11.8 Å². The zero-order valence-corrected chi connectivity index (χ0v) is 13.1. The van der Waals surface area contributed by atoms with Crippen LogP contribution in [0, 0.1) is 11.8 Å². The fourth-order valence-corrected chi connectivity index (χ4v) is 2.16. The van der Waals surface area contributed by atoms with Crippen molar-refractivity contribution < 1.29 is 14.7 Å². The van der Waals surface area contributed by atoms with E-state index in [0.717, 1.165) is 19.3 Å². The minimum absolute atomic E-state index is 0.221. The number of carbonyl (C=O) groups excluding carboxylic acids is 1. The van der Waals surface area contributed by atoms with Crippen LogP contribution in [-0.2, 0) is 4.79 Å². The molecule has 0 unspecified atom stereocenters. The van der Waals surface area contributed by atoms with Gasteiger partial charge in [0.05, 0.1) is 0 Å². The summed E-state index contributed by atoms with van der Waals surface area (Å²) in [6.45, 7) is 8.88. The van der Waals surface area contributed by atoms with Gasteiger partial charge in [0.15, 0.2) is 0 Å². The molecule has 0 aliphatic heterocycles. The molecule has 1 fully saturated rings. The van der Waals surface area contributed by atoms with Crippen LogP contribution in [0.2, 0.25) is 0 Å². The molecule has 2 amide bonds. The van der Waals surface area contributed by atoms with Crippen molar-refractivity contribution in [1.82, 2.24) is 10.2 Å². The van der Waals surface area contributed by atoms with E-state index in [9.17, 15) is 14.7 Å². The molecule has 5 nitrogen and oxygen atoms in total. The molecule has 0 aromatic carbocycles. The van der Waals surface area contributed by atoms with Gasteiger partial charge in [-0.25, -0.2) is 9.59 Å². The highest BCUT2D eigenvalue weighted by Gasteiger charge is 2.34.